The Kier molecular flexibility index (Phi) is 5.31. The van der Waals surface area contributed by atoms with E-state index in [2.05, 4.69) is 20.6 Å². The van der Waals surface area contributed by atoms with Crippen LogP contribution in [-0.2, 0) is 5.75 Å². The first-order chi connectivity index (χ1) is 13.7. The van der Waals surface area contributed by atoms with Crippen LogP contribution in [0.15, 0.2) is 59.8 Å². The number of aryl methyl sites for hydroxylation is 1. The van der Waals surface area contributed by atoms with Crippen LogP contribution in [0.5, 0.6) is 5.75 Å². The van der Waals surface area contributed by atoms with Crippen molar-refractivity contribution in [1.29, 1.82) is 0 Å². The van der Waals surface area contributed by atoms with Gasteiger partial charge < -0.3 is 4.74 Å². The van der Waals surface area contributed by atoms with Crippen LogP contribution in [0.1, 0.15) is 11.3 Å². The Morgan fingerprint density at radius 1 is 1.00 bits per heavy atom. The summed E-state index contributed by atoms with van der Waals surface area (Å²) in [5.74, 6) is 1.38. The van der Waals surface area contributed by atoms with Crippen LogP contribution in [0, 0.1) is 6.92 Å². The average molecular weight is 413 g/mol. The van der Waals surface area contributed by atoms with Gasteiger partial charge >= 0.3 is 0 Å². The minimum atomic E-state index is 0.597. The molecule has 0 saturated heterocycles. The Labute approximate surface area is 171 Å². The number of ether oxygens (including phenoxy) is 1. The van der Waals surface area contributed by atoms with Crippen molar-refractivity contribution < 1.29 is 4.74 Å². The van der Waals surface area contributed by atoms with Crippen molar-refractivity contribution in [3.05, 3.63) is 71.0 Å². The van der Waals surface area contributed by atoms with E-state index in [9.17, 15) is 0 Å². The first kappa shape index (κ1) is 18.5. The molecule has 7 nitrogen and oxygen atoms in total. The fraction of sp³-hybridized carbons (Fsp3) is 0.158. The number of benzene rings is 2. The number of hydrogen-bond donors (Lipinski definition) is 0. The first-order valence-corrected chi connectivity index (χ1v) is 9.88. The van der Waals surface area contributed by atoms with Gasteiger partial charge in [0.25, 0.3) is 0 Å². The molecule has 2 aromatic heterocycles. The highest BCUT2D eigenvalue weighted by atomic mass is 35.5. The lowest BCUT2D eigenvalue weighted by Crippen LogP contribution is -1.99. The van der Waals surface area contributed by atoms with Crippen LogP contribution in [0.3, 0.4) is 0 Å². The number of tetrazole rings is 1. The van der Waals surface area contributed by atoms with Crippen molar-refractivity contribution in [2.45, 2.75) is 17.8 Å². The minimum absolute atomic E-state index is 0.597. The number of halogens is 1. The number of nitrogens with zero attached hydrogens (tertiary/aromatic N) is 6. The quantitative estimate of drug-likeness (QED) is 0.444. The number of rotatable bonds is 6. The average Bonchev–Trinajstić information content (AvgIpc) is 3.31. The molecule has 4 aromatic rings. The van der Waals surface area contributed by atoms with E-state index in [0.29, 0.717) is 16.1 Å². The lowest BCUT2D eigenvalue weighted by atomic mass is 10.3. The fourth-order valence-electron chi connectivity index (χ4n) is 2.73. The maximum Gasteiger partial charge on any atom is 0.214 e. The highest BCUT2D eigenvalue weighted by Gasteiger charge is 2.17. The molecule has 2 heterocycles. The summed E-state index contributed by atoms with van der Waals surface area (Å²) in [4.78, 5) is 0. The van der Waals surface area contributed by atoms with Crippen molar-refractivity contribution in [1.82, 2.24) is 30.0 Å². The van der Waals surface area contributed by atoms with Crippen LogP contribution in [0.4, 0.5) is 0 Å². The summed E-state index contributed by atoms with van der Waals surface area (Å²) >= 11 is 8.12. The second-order valence-corrected chi connectivity index (χ2v) is 7.26. The molecule has 4 rings (SSSR count). The fourth-order valence-corrected chi connectivity index (χ4v) is 4.12. The van der Waals surface area contributed by atoms with Crippen LogP contribution < -0.4 is 4.74 Å². The first-order valence-electron chi connectivity index (χ1n) is 8.52. The highest BCUT2D eigenvalue weighted by Crippen LogP contribution is 2.30. The third-order valence-corrected chi connectivity index (χ3v) is 5.56. The summed E-state index contributed by atoms with van der Waals surface area (Å²) in [6.07, 6.45) is 0. The molecule has 0 saturated carbocycles. The smallest absolute Gasteiger partial charge is 0.214 e. The van der Waals surface area contributed by atoms with Gasteiger partial charge in [-0.05, 0) is 53.7 Å². The Bertz CT molecular complexity index is 1080. The Hall–Kier alpha value is -2.84. The number of hydrogen-bond acceptors (Lipinski definition) is 6. The zero-order valence-corrected chi connectivity index (χ0v) is 16.9. The molecule has 0 bridgehead atoms. The van der Waals surface area contributed by atoms with Gasteiger partial charge in [0, 0.05) is 11.3 Å². The largest absolute Gasteiger partial charge is 0.497 e. The predicted octanol–water partition coefficient (Wildman–Crippen LogP) is 4.11. The molecule has 0 aliphatic carbocycles. The van der Waals surface area contributed by atoms with E-state index in [1.54, 1.807) is 16.5 Å². The second-order valence-electron chi connectivity index (χ2n) is 5.96. The minimum Gasteiger partial charge on any atom is -0.497 e. The summed E-state index contributed by atoms with van der Waals surface area (Å²) in [6, 6.07) is 17.4. The molecule has 0 aliphatic rings. The molecule has 2 aromatic carbocycles. The third-order valence-electron chi connectivity index (χ3n) is 4.23. The van der Waals surface area contributed by atoms with Crippen molar-refractivity contribution in [3.8, 4) is 17.1 Å². The zero-order chi connectivity index (χ0) is 19.5. The zero-order valence-electron chi connectivity index (χ0n) is 15.3. The SMILES string of the molecule is COc1ccc(-n2nnnc2SCc2c(C)nn(-c3ccccc3)c2Cl)cc1. The summed E-state index contributed by atoms with van der Waals surface area (Å²) in [5, 5.41) is 17.9. The molecule has 0 fully saturated rings. The van der Waals surface area contributed by atoms with E-state index in [-0.39, 0.29) is 0 Å². The maximum absolute atomic E-state index is 6.61. The van der Waals surface area contributed by atoms with Crippen molar-refractivity contribution in [2.24, 2.45) is 0 Å². The standard InChI is InChI=1S/C19H17ClN6OS/c1-13-17(18(20)25(22-13)14-6-4-3-5-7-14)12-28-19-21-23-24-26(19)15-8-10-16(27-2)11-9-15/h3-11H,12H2,1-2H3. The molecule has 0 radical (unpaired) electrons. The molecule has 0 N–H and O–H groups in total. The van der Waals surface area contributed by atoms with E-state index in [1.807, 2.05) is 61.5 Å². The molecule has 0 aliphatic heterocycles. The van der Waals surface area contributed by atoms with Crippen molar-refractivity contribution in [3.63, 3.8) is 0 Å². The molecule has 28 heavy (non-hydrogen) atoms. The van der Waals surface area contributed by atoms with E-state index >= 15 is 0 Å². The van der Waals surface area contributed by atoms with Crippen molar-refractivity contribution in [2.75, 3.05) is 7.11 Å². The summed E-state index contributed by atoms with van der Waals surface area (Å²) in [7, 11) is 1.63. The van der Waals surface area contributed by atoms with Crippen LogP contribution in [0.2, 0.25) is 5.15 Å². The topological polar surface area (TPSA) is 70.7 Å². The van der Waals surface area contributed by atoms with E-state index < -0.39 is 0 Å². The Balaban J connectivity index is 1.56. The molecule has 0 unspecified atom stereocenters. The summed E-state index contributed by atoms with van der Waals surface area (Å²) < 4.78 is 8.64. The molecule has 9 heteroatoms. The van der Waals surface area contributed by atoms with Gasteiger partial charge in [0.05, 0.1) is 24.2 Å². The summed E-state index contributed by atoms with van der Waals surface area (Å²) in [6.45, 7) is 1.95. The Morgan fingerprint density at radius 2 is 1.71 bits per heavy atom. The molecular formula is C19H17ClN6OS. The van der Waals surface area contributed by atoms with E-state index in [0.717, 1.165) is 28.4 Å². The van der Waals surface area contributed by atoms with E-state index in [1.165, 1.54) is 11.8 Å². The number of methoxy groups -OCH3 is 1. The highest BCUT2D eigenvalue weighted by molar-refractivity contribution is 7.98. The molecule has 0 spiro atoms. The predicted molar refractivity (Wildman–Crippen MR) is 109 cm³/mol. The number of para-hydroxylation sites is 1. The maximum atomic E-state index is 6.61. The van der Waals surface area contributed by atoms with Gasteiger partial charge in [0.15, 0.2) is 0 Å². The van der Waals surface area contributed by atoms with Crippen LogP contribution in [-0.4, -0.2) is 37.1 Å². The van der Waals surface area contributed by atoms with Gasteiger partial charge in [0.1, 0.15) is 10.9 Å². The Morgan fingerprint density at radius 3 is 2.43 bits per heavy atom. The lowest BCUT2D eigenvalue weighted by Gasteiger charge is -2.06. The van der Waals surface area contributed by atoms with Gasteiger partial charge in [-0.3, -0.25) is 0 Å². The molecule has 0 amide bonds. The number of aromatic nitrogens is 6. The molecule has 0 atom stereocenters. The lowest BCUT2D eigenvalue weighted by molar-refractivity contribution is 0.414. The van der Waals surface area contributed by atoms with Gasteiger partial charge in [0.2, 0.25) is 5.16 Å². The van der Waals surface area contributed by atoms with E-state index in [4.69, 9.17) is 16.3 Å². The van der Waals surface area contributed by atoms with Gasteiger partial charge in [-0.1, -0.05) is 41.6 Å². The summed E-state index contributed by atoms with van der Waals surface area (Å²) in [5.41, 5.74) is 3.62. The number of thioether (sulfide) groups is 1. The van der Waals surface area contributed by atoms with Crippen LogP contribution >= 0.6 is 23.4 Å². The molecule has 142 valence electrons. The van der Waals surface area contributed by atoms with Gasteiger partial charge in [-0.15, -0.1) is 5.10 Å². The van der Waals surface area contributed by atoms with Crippen molar-refractivity contribution >= 4 is 23.4 Å². The van der Waals surface area contributed by atoms with Gasteiger partial charge in [-0.25, -0.2) is 4.68 Å². The monoisotopic (exact) mass is 412 g/mol. The van der Waals surface area contributed by atoms with Gasteiger partial charge in [-0.2, -0.15) is 9.78 Å². The van der Waals surface area contributed by atoms with Crippen LogP contribution in [0.25, 0.3) is 11.4 Å². The third kappa shape index (κ3) is 3.61. The second kappa shape index (κ2) is 8.04. The molecular weight excluding hydrogens is 396 g/mol. The normalized spacial score (nSPS) is 11.0.